The smallest absolute Gasteiger partial charge is 0.154 e. The summed E-state index contributed by atoms with van der Waals surface area (Å²) in [5, 5.41) is 3.23. The van der Waals surface area contributed by atoms with E-state index in [9.17, 15) is 12.8 Å². The van der Waals surface area contributed by atoms with E-state index in [2.05, 4.69) is 5.32 Å². The Balaban J connectivity index is 2.29. The normalized spacial score (nSPS) is 21.8. The first-order valence-electron chi connectivity index (χ1n) is 7.28. The molecular formula is C15H23FN2O2S. The van der Waals surface area contributed by atoms with E-state index in [1.807, 2.05) is 31.7 Å². The zero-order chi connectivity index (χ0) is 15.6. The maximum Gasteiger partial charge on any atom is 0.154 e. The maximum atomic E-state index is 14.1. The number of hydrogen-bond donors (Lipinski definition) is 1. The van der Waals surface area contributed by atoms with Gasteiger partial charge in [-0.1, -0.05) is 19.9 Å². The minimum atomic E-state index is -2.97. The zero-order valence-corrected chi connectivity index (χ0v) is 13.6. The topological polar surface area (TPSA) is 49.4 Å². The minimum Gasteiger partial charge on any atom is -0.366 e. The Morgan fingerprint density at radius 3 is 2.76 bits per heavy atom. The van der Waals surface area contributed by atoms with Gasteiger partial charge in [0.25, 0.3) is 0 Å². The van der Waals surface area contributed by atoms with Crippen molar-refractivity contribution < 1.29 is 12.8 Å². The molecule has 0 aliphatic carbocycles. The fourth-order valence-corrected chi connectivity index (χ4v) is 4.21. The second-order valence-corrected chi connectivity index (χ2v) is 8.16. The molecule has 0 radical (unpaired) electrons. The highest BCUT2D eigenvalue weighted by atomic mass is 32.2. The Bertz CT molecular complexity index is 602. The number of anilines is 1. The van der Waals surface area contributed by atoms with E-state index < -0.39 is 9.84 Å². The second kappa shape index (κ2) is 6.32. The van der Waals surface area contributed by atoms with Crippen molar-refractivity contribution in [2.45, 2.75) is 39.4 Å². The zero-order valence-electron chi connectivity index (χ0n) is 12.8. The maximum absolute atomic E-state index is 14.1. The van der Waals surface area contributed by atoms with Crippen LogP contribution in [-0.2, 0) is 16.4 Å². The third-order valence-electron chi connectivity index (χ3n) is 3.76. The molecule has 6 heteroatoms. The Labute approximate surface area is 126 Å². The molecule has 0 bridgehead atoms. The molecule has 1 fully saturated rings. The second-order valence-electron chi connectivity index (χ2n) is 5.93. The molecule has 1 unspecified atom stereocenters. The summed E-state index contributed by atoms with van der Waals surface area (Å²) in [6.07, 6.45) is 0. The summed E-state index contributed by atoms with van der Waals surface area (Å²) in [6, 6.07) is 5.13. The first kappa shape index (κ1) is 16.2. The predicted octanol–water partition coefficient (Wildman–Crippen LogP) is 1.95. The lowest BCUT2D eigenvalue weighted by molar-refractivity contribution is 0.545. The van der Waals surface area contributed by atoms with Gasteiger partial charge in [0.15, 0.2) is 9.84 Å². The summed E-state index contributed by atoms with van der Waals surface area (Å²) in [5.41, 5.74) is 1.41. The molecule has 1 N–H and O–H groups in total. The van der Waals surface area contributed by atoms with Crippen LogP contribution < -0.4 is 10.2 Å². The van der Waals surface area contributed by atoms with Crippen LogP contribution in [0.3, 0.4) is 0 Å². The van der Waals surface area contributed by atoms with Crippen molar-refractivity contribution in [3.8, 4) is 0 Å². The van der Waals surface area contributed by atoms with Crippen LogP contribution in [0.5, 0.6) is 0 Å². The third kappa shape index (κ3) is 3.95. The molecule has 1 aromatic carbocycles. The molecule has 2 rings (SSSR count). The van der Waals surface area contributed by atoms with Crippen LogP contribution in [0.1, 0.15) is 26.3 Å². The van der Waals surface area contributed by atoms with Crippen LogP contribution in [0.2, 0.25) is 0 Å². The van der Waals surface area contributed by atoms with Crippen LogP contribution in [0, 0.1) is 5.82 Å². The molecule has 0 amide bonds. The number of benzene rings is 1. The quantitative estimate of drug-likeness (QED) is 0.923. The molecule has 1 saturated heterocycles. The molecule has 1 atom stereocenters. The van der Waals surface area contributed by atoms with E-state index in [1.165, 1.54) is 6.07 Å². The molecule has 0 saturated carbocycles. The number of hydrogen-bond acceptors (Lipinski definition) is 4. The van der Waals surface area contributed by atoms with Crippen molar-refractivity contribution in [1.82, 2.24) is 5.32 Å². The first-order chi connectivity index (χ1) is 9.80. The van der Waals surface area contributed by atoms with Crippen molar-refractivity contribution in [2.75, 3.05) is 23.0 Å². The van der Waals surface area contributed by atoms with Crippen LogP contribution in [-0.4, -0.2) is 38.6 Å². The standard InChI is InChI=1S/C15H23FN2O2S/c1-11(2)17-9-13-14(16)5-4-6-15(13)18-7-8-21(19,20)10-12(18)3/h4-6,11-12,17H,7-10H2,1-3H3. The Morgan fingerprint density at radius 2 is 2.14 bits per heavy atom. The summed E-state index contributed by atoms with van der Waals surface area (Å²) in [4.78, 5) is 2.00. The molecule has 0 spiro atoms. The molecular weight excluding hydrogens is 291 g/mol. The molecule has 1 aliphatic heterocycles. The van der Waals surface area contributed by atoms with Crippen LogP contribution >= 0.6 is 0 Å². The molecule has 0 aromatic heterocycles. The molecule has 1 aliphatic rings. The minimum absolute atomic E-state index is 0.126. The van der Waals surface area contributed by atoms with Crippen molar-refractivity contribution in [1.29, 1.82) is 0 Å². The largest absolute Gasteiger partial charge is 0.366 e. The van der Waals surface area contributed by atoms with Gasteiger partial charge in [-0.25, -0.2) is 12.8 Å². The van der Waals surface area contributed by atoms with E-state index in [1.54, 1.807) is 6.07 Å². The van der Waals surface area contributed by atoms with E-state index >= 15 is 0 Å². The highest BCUT2D eigenvalue weighted by molar-refractivity contribution is 7.91. The van der Waals surface area contributed by atoms with Gasteiger partial charge >= 0.3 is 0 Å². The fraction of sp³-hybridized carbons (Fsp3) is 0.600. The number of halogens is 1. The Morgan fingerprint density at radius 1 is 1.43 bits per heavy atom. The van der Waals surface area contributed by atoms with Crippen LogP contribution in [0.4, 0.5) is 10.1 Å². The Hall–Kier alpha value is -1.14. The molecule has 21 heavy (non-hydrogen) atoms. The average Bonchev–Trinajstić information content (AvgIpc) is 2.36. The van der Waals surface area contributed by atoms with Crippen molar-refractivity contribution in [3.05, 3.63) is 29.6 Å². The third-order valence-corrected chi connectivity index (χ3v) is 5.56. The highest BCUT2D eigenvalue weighted by Gasteiger charge is 2.29. The van der Waals surface area contributed by atoms with Gasteiger partial charge in [-0.15, -0.1) is 0 Å². The van der Waals surface area contributed by atoms with Crippen LogP contribution in [0.25, 0.3) is 0 Å². The highest BCUT2D eigenvalue weighted by Crippen LogP contribution is 2.27. The SMILES string of the molecule is CC(C)NCc1c(F)cccc1N1CCS(=O)(=O)CC1C. The number of sulfone groups is 1. The van der Waals surface area contributed by atoms with Gasteiger partial charge in [0.1, 0.15) is 5.82 Å². The molecule has 1 heterocycles. The average molecular weight is 314 g/mol. The van der Waals surface area contributed by atoms with Gasteiger partial charge in [0.2, 0.25) is 0 Å². The lowest BCUT2D eigenvalue weighted by Gasteiger charge is -2.36. The van der Waals surface area contributed by atoms with Crippen LogP contribution in [0.15, 0.2) is 18.2 Å². The van der Waals surface area contributed by atoms with E-state index in [-0.39, 0.29) is 29.4 Å². The van der Waals surface area contributed by atoms with Crippen molar-refractivity contribution in [2.24, 2.45) is 0 Å². The van der Waals surface area contributed by atoms with Crippen molar-refractivity contribution in [3.63, 3.8) is 0 Å². The van der Waals surface area contributed by atoms with E-state index in [4.69, 9.17) is 0 Å². The van der Waals surface area contributed by atoms with Gasteiger partial charge < -0.3 is 10.2 Å². The van der Waals surface area contributed by atoms with Gasteiger partial charge in [-0.2, -0.15) is 0 Å². The lowest BCUT2D eigenvalue weighted by atomic mass is 10.1. The summed E-state index contributed by atoms with van der Waals surface area (Å²) in [6.45, 7) is 6.76. The van der Waals surface area contributed by atoms with E-state index in [0.29, 0.717) is 18.7 Å². The van der Waals surface area contributed by atoms with Gasteiger partial charge in [-0.05, 0) is 19.1 Å². The summed E-state index contributed by atoms with van der Waals surface area (Å²) >= 11 is 0. The van der Waals surface area contributed by atoms with Gasteiger partial charge in [0, 0.05) is 36.4 Å². The van der Waals surface area contributed by atoms with Crippen molar-refractivity contribution >= 4 is 15.5 Å². The summed E-state index contributed by atoms with van der Waals surface area (Å²) < 4.78 is 37.5. The number of nitrogens with one attached hydrogen (secondary N) is 1. The number of rotatable bonds is 4. The first-order valence-corrected chi connectivity index (χ1v) is 9.10. The van der Waals surface area contributed by atoms with Gasteiger partial charge in [-0.3, -0.25) is 0 Å². The van der Waals surface area contributed by atoms with E-state index in [0.717, 1.165) is 5.69 Å². The predicted molar refractivity (Wildman–Crippen MR) is 83.8 cm³/mol. The molecule has 118 valence electrons. The summed E-state index contributed by atoms with van der Waals surface area (Å²) in [5.74, 6) is 0.00661. The molecule has 1 aromatic rings. The number of nitrogens with zero attached hydrogens (tertiary/aromatic N) is 1. The molecule has 4 nitrogen and oxygen atoms in total. The lowest BCUT2D eigenvalue weighted by Crippen LogP contribution is -2.47. The fourth-order valence-electron chi connectivity index (χ4n) is 2.65. The Kier molecular flexibility index (Phi) is 4.88. The monoisotopic (exact) mass is 314 g/mol. The summed E-state index contributed by atoms with van der Waals surface area (Å²) in [7, 11) is -2.97. The van der Waals surface area contributed by atoms with Gasteiger partial charge in [0.05, 0.1) is 11.5 Å².